The number of allylic oxidation sites excluding steroid dienone is 2. The smallest absolute Gasteiger partial charge is 0.0959 e. The second kappa shape index (κ2) is 4.12. The van der Waals surface area contributed by atoms with Gasteiger partial charge in [0.1, 0.15) is 0 Å². The van der Waals surface area contributed by atoms with Crippen LogP contribution in [0.1, 0.15) is 13.3 Å². The van der Waals surface area contributed by atoms with E-state index in [9.17, 15) is 0 Å². The summed E-state index contributed by atoms with van der Waals surface area (Å²) in [5.74, 6) is 0. The Kier molecular flexibility index (Phi) is 3.03. The Morgan fingerprint density at radius 2 is 2.40 bits per heavy atom. The van der Waals surface area contributed by atoms with Crippen LogP contribution in [0.2, 0.25) is 0 Å². The zero-order chi connectivity index (χ0) is 7.23. The molecular weight excluding hydrogens is 124 g/mol. The van der Waals surface area contributed by atoms with Gasteiger partial charge in [-0.3, -0.25) is 5.32 Å². The van der Waals surface area contributed by atoms with Crippen molar-refractivity contribution in [3.8, 4) is 0 Å². The van der Waals surface area contributed by atoms with Crippen LogP contribution in [0.25, 0.3) is 0 Å². The number of rotatable bonds is 3. The normalized spacial score (nSPS) is 22.7. The van der Waals surface area contributed by atoms with E-state index in [1.165, 1.54) is 6.42 Å². The molecule has 0 aromatic rings. The molecule has 0 spiro atoms. The van der Waals surface area contributed by atoms with E-state index in [4.69, 9.17) is 0 Å². The van der Waals surface area contributed by atoms with Crippen molar-refractivity contribution in [2.75, 3.05) is 6.54 Å². The number of hydrogen-bond donors (Lipinski definition) is 2. The summed E-state index contributed by atoms with van der Waals surface area (Å²) in [5.41, 5.74) is 0. The predicted molar refractivity (Wildman–Crippen MR) is 43.5 cm³/mol. The van der Waals surface area contributed by atoms with Gasteiger partial charge < -0.3 is 5.32 Å². The summed E-state index contributed by atoms with van der Waals surface area (Å²) >= 11 is 0. The summed E-state index contributed by atoms with van der Waals surface area (Å²) in [5, 5.41) is 6.50. The minimum atomic E-state index is 0.338. The number of nitrogens with one attached hydrogen (secondary N) is 2. The summed E-state index contributed by atoms with van der Waals surface area (Å²) in [6.07, 6.45) is 9.61. The molecule has 1 unspecified atom stereocenters. The maximum atomic E-state index is 3.32. The number of dihydropyridines is 1. The average molecular weight is 138 g/mol. The van der Waals surface area contributed by atoms with Crippen molar-refractivity contribution in [1.29, 1.82) is 0 Å². The fraction of sp³-hybridized carbons (Fsp3) is 0.500. The molecule has 2 heteroatoms. The molecule has 1 rings (SSSR count). The largest absolute Gasteiger partial charge is 0.372 e. The molecule has 1 heterocycles. The van der Waals surface area contributed by atoms with Crippen molar-refractivity contribution in [2.45, 2.75) is 19.5 Å². The third kappa shape index (κ3) is 2.23. The van der Waals surface area contributed by atoms with E-state index >= 15 is 0 Å². The molecule has 0 amide bonds. The van der Waals surface area contributed by atoms with Crippen LogP contribution in [0.15, 0.2) is 24.4 Å². The van der Waals surface area contributed by atoms with Gasteiger partial charge >= 0.3 is 0 Å². The summed E-state index contributed by atoms with van der Waals surface area (Å²) in [7, 11) is 0. The van der Waals surface area contributed by atoms with Crippen molar-refractivity contribution in [3.63, 3.8) is 0 Å². The molecule has 1 atom stereocenters. The molecule has 10 heavy (non-hydrogen) atoms. The van der Waals surface area contributed by atoms with Gasteiger partial charge in [0.05, 0.1) is 6.17 Å². The molecule has 56 valence electrons. The van der Waals surface area contributed by atoms with Gasteiger partial charge in [0, 0.05) is 0 Å². The number of hydrogen-bond acceptors (Lipinski definition) is 2. The topological polar surface area (TPSA) is 24.1 Å². The first-order valence-electron chi connectivity index (χ1n) is 3.76. The average Bonchev–Trinajstić information content (AvgIpc) is 2.03. The zero-order valence-electron chi connectivity index (χ0n) is 6.30. The van der Waals surface area contributed by atoms with Crippen molar-refractivity contribution in [2.24, 2.45) is 0 Å². The molecule has 2 N–H and O–H groups in total. The van der Waals surface area contributed by atoms with Gasteiger partial charge in [-0.05, 0) is 31.3 Å². The highest BCUT2D eigenvalue weighted by Crippen LogP contribution is 1.89. The van der Waals surface area contributed by atoms with Crippen molar-refractivity contribution < 1.29 is 0 Å². The fourth-order valence-electron chi connectivity index (χ4n) is 0.872. The van der Waals surface area contributed by atoms with E-state index in [1.54, 1.807) is 0 Å². The van der Waals surface area contributed by atoms with Gasteiger partial charge in [-0.2, -0.15) is 0 Å². The van der Waals surface area contributed by atoms with Crippen LogP contribution >= 0.6 is 0 Å². The van der Waals surface area contributed by atoms with Crippen molar-refractivity contribution in [3.05, 3.63) is 24.4 Å². The monoisotopic (exact) mass is 138 g/mol. The minimum Gasteiger partial charge on any atom is -0.372 e. The highest BCUT2D eigenvalue weighted by molar-refractivity contribution is 5.11. The minimum absolute atomic E-state index is 0.338. The Hall–Kier alpha value is -0.760. The second-order valence-corrected chi connectivity index (χ2v) is 2.34. The SMILES string of the molecule is CCCNC1C=CC=CN1. The lowest BCUT2D eigenvalue weighted by molar-refractivity contribution is 0.544. The van der Waals surface area contributed by atoms with E-state index in [2.05, 4.69) is 23.6 Å². The van der Waals surface area contributed by atoms with E-state index in [-0.39, 0.29) is 0 Å². The van der Waals surface area contributed by atoms with Gasteiger partial charge in [-0.1, -0.05) is 13.0 Å². The Balaban J connectivity index is 2.17. The lowest BCUT2D eigenvalue weighted by Crippen LogP contribution is -2.39. The Bertz CT molecular complexity index is 138. The lowest BCUT2D eigenvalue weighted by atomic mass is 10.3. The van der Waals surface area contributed by atoms with E-state index in [0.717, 1.165) is 6.54 Å². The Morgan fingerprint density at radius 3 is 3.00 bits per heavy atom. The quantitative estimate of drug-likeness (QED) is 0.607. The van der Waals surface area contributed by atoms with Gasteiger partial charge in [-0.15, -0.1) is 0 Å². The molecule has 0 saturated carbocycles. The molecule has 1 aliphatic rings. The van der Waals surface area contributed by atoms with Crippen molar-refractivity contribution in [1.82, 2.24) is 10.6 Å². The van der Waals surface area contributed by atoms with E-state index in [1.807, 2.05) is 18.4 Å². The van der Waals surface area contributed by atoms with Gasteiger partial charge in [-0.25, -0.2) is 0 Å². The molecule has 0 saturated heterocycles. The van der Waals surface area contributed by atoms with Gasteiger partial charge in [0.25, 0.3) is 0 Å². The van der Waals surface area contributed by atoms with E-state index in [0.29, 0.717) is 6.17 Å². The molecule has 0 radical (unpaired) electrons. The Labute approximate surface area is 62.0 Å². The lowest BCUT2D eigenvalue weighted by Gasteiger charge is -2.16. The summed E-state index contributed by atoms with van der Waals surface area (Å²) in [6.45, 7) is 3.23. The molecule has 1 aliphatic heterocycles. The molecule has 0 fully saturated rings. The summed E-state index contributed by atoms with van der Waals surface area (Å²) in [6, 6.07) is 0. The molecule has 0 aromatic heterocycles. The molecule has 0 aliphatic carbocycles. The summed E-state index contributed by atoms with van der Waals surface area (Å²) < 4.78 is 0. The van der Waals surface area contributed by atoms with Crippen LogP contribution < -0.4 is 10.6 Å². The standard InChI is InChI=1S/C8H14N2/c1-2-6-9-8-5-3-4-7-10-8/h3-5,7-10H,2,6H2,1H3. The first-order chi connectivity index (χ1) is 4.93. The highest BCUT2D eigenvalue weighted by atomic mass is 15.1. The third-order valence-electron chi connectivity index (χ3n) is 1.40. The highest BCUT2D eigenvalue weighted by Gasteiger charge is 1.99. The van der Waals surface area contributed by atoms with Crippen LogP contribution in [-0.4, -0.2) is 12.7 Å². The zero-order valence-corrected chi connectivity index (χ0v) is 6.30. The first-order valence-corrected chi connectivity index (χ1v) is 3.76. The Morgan fingerprint density at radius 1 is 1.50 bits per heavy atom. The van der Waals surface area contributed by atoms with Crippen molar-refractivity contribution >= 4 is 0 Å². The maximum Gasteiger partial charge on any atom is 0.0959 e. The third-order valence-corrected chi connectivity index (χ3v) is 1.40. The first kappa shape index (κ1) is 7.35. The maximum absolute atomic E-state index is 3.32. The van der Waals surface area contributed by atoms with Gasteiger partial charge in [0.2, 0.25) is 0 Å². The molecular formula is C8H14N2. The predicted octanol–water partition coefficient (Wildman–Crippen LogP) is 0.985. The van der Waals surface area contributed by atoms with Gasteiger partial charge in [0.15, 0.2) is 0 Å². The van der Waals surface area contributed by atoms with Crippen LogP contribution in [0.5, 0.6) is 0 Å². The van der Waals surface area contributed by atoms with Crippen LogP contribution in [0.3, 0.4) is 0 Å². The molecule has 0 bridgehead atoms. The summed E-state index contributed by atoms with van der Waals surface area (Å²) in [4.78, 5) is 0. The second-order valence-electron chi connectivity index (χ2n) is 2.34. The van der Waals surface area contributed by atoms with Crippen LogP contribution in [-0.2, 0) is 0 Å². The van der Waals surface area contributed by atoms with Crippen LogP contribution in [0.4, 0.5) is 0 Å². The van der Waals surface area contributed by atoms with E-state index < -0.39 is 0 Å². The van der Waals surface area contributed by atoms with Crippen LogP contribution in [0, 0.1) is 0 Å². The molecule has 0 aromatic carbocycles. The molecule has 2 nitrogen and oxygen atoms in total. The fourth-order valence-corrected chi connectivity index (χ4v) is 0.872.